The molecule has 2 rings (SSSR count). The standard InChI is InChI=1S/C14H14BrClN2/c15-13-5-1-11(2-6-13)9-17-18-10-12-3-7-14(16)8-4-12/h1-8,17-18H,9-10H2. The molecule has 0 heterocycles. The Hall–Kier alpha value is -0.870. The van der Waals surface area contributed by atoms with Gasteiger partial charge in [0.2, 0.25) is 0 Å². The van der Waals surface area contributed by atoms with Gasteiger partial charge in [-0.25, -0.2) is 0 Å². The van der Waals surface area contributed by atoms with E-state index in [1.807, 2.05) is 36.4 Å². The molecule has 0 saturated heterocycles. The largest absolute Gasteiger partial charge is 0.253 e. The van der Waals surface area contributed by atoms with Gasteiger partial charge in [0.15, 0.2) is 0 Å². The first-order chi connectivity index (χ1) is 8.74. The van der Waals surface area contributed by atoms with Crippen molar-refractivity contribution >= 4 is 27.5 Å². The molecule has 4 heteroatoms. The van der Waals surface area contributed by atoms with Crippen LogP contribution < -0.4 is 10.9 Å². The molecule has 2 nitrogen and oxygen atoms in total. The molecule has 0 spiro atoms. The maximum Gasteiger partial charge on any atom is 0.0406 e. The summed E-state index contributed by atoms with van der Waals surface area (Å²) in [6, 6.07) is 16.1. The van der Waals surface area contributed by atoms with Gasteiger partial charge in [0, 0.05) is 22.6 Å². The van der Waals surface area contributed by atoms with E-state index in [1.54, 1.807) is 0 Å². The van der Waals surface area contributed by atoms with Gasteiger partial charge < -0.3 is 0 Å². The lowest BCUT2D eigenvalue weighted by Gasteiger charge is -2.07. The van der Waals surface area contributed by atoms with Crippen LogP contribution in [-0.2, 0) is 13.1 Å². The quantitative estimate of drug-likeness (QED) is 0.643. The molecule has 0 bridgehead atoms. The Morgan fingerprint density at radius 3 is 1.72 bits per heavy atom. The predicted molar refractivity (Wildman–Crippen MR) is 79.3 cm³/mol. The van der Waals surface area contributed by atoms with Gasteiger partial charge in [-0.05, 0) is 35.4 Å². The van der Waals surface area contributed by atoms with E-state index in [1.165, 1.54) is 11.1 Å². The van der Waals surface area contributed by atoms with Crippen LogP contribution in [0.3, 0.4) is 0 Å². The highest BCUT2D eigenvalue weighted by molar-refractivity contribution is 9.10. The summed E-state index contributed by atoms with van der Waals surface area (Å²) >= 11 is 9.24. The van der Waals surface area contributed by atoms with Crippen molar-refractivity contribution in [3.05, 3.63) is 69.2 Å². The topological polar surface area (TPSA) is 24.1 Å². The lowest BCUT2D eigenvalue weighted by Crippen LogP contribution is -2.30. The van der Waals surface area contributed by atoms with Gasteiger partial charge in [0.1, 0.15) is 0 Å². The van der Waals surface area contributed by atoms with Gasteiger partial charge >= 0.3 is 0 Å². The molecule has 94 valence electrons. The van der Waals surface area contributed by atoms with Crippen molar-refractivity contribution in [3.8, 4) is 0 Å². The molecular weight excluding hydrogens is 312 g/mol. The van der Waals surface area contributed by atoms with E-state index in [0.717, 1.165) is 22.6 Å². The Morgan fingerprint density at radius 2 is 1.22 bits per heavy atom. The first kappa shape index (κ1) is 13.6. The molecule has 2 N–H and O–H groups in total. The number of nitrogens with one attached hydrogen (secondary N) is 2. The van der Waals surface area contributed by atoms with Crippen LogP contribution in [0.5, 0.6) is 0 Å². The Bertz CT molecular complexity index is 435. The molecule has 0 aliphatic rings. The van der Waals surface area contributed by atoms with Gasteiger partial charge in [-0.15, -0.1) is 0 Å². The van der Waals surface area contributed by atoms with Crippen molar-refractivity contribution < 1.29 is 0 Å². The molecule has 0 saturated carbocycles. The smallest absolute Gasteiger partial charge is 0.0406 e. The first-order valence-corrected chi connectivity index (χ1v) is 6.86. The molecular formula is C14H14BrClN2. The second-order valence-corrected chi connectivity index (χ2v) is 5.31. The highest BCUT2D eigenvalue weighted by Crippen LogP contribution is 2.10. The van der Waals surface area contributed by atoms with Crippen LogP contribution >= 0.6 is 27.5 Å². The molecule has 2 aromatic carbocycles. The van der Waals surface area contributed by atoms with Crippen LogP contribution in [-0.4, -0.2) is 0 Å². The number of hydrazine groups is 1. The minimum atomic E-state index is 0.765. The fourth-order valence-corrected chi connectivity index (χ4v) is 1.92. The van der Waals surface area contributed by atoms with Crippen LogP contribution in [0.4, 0.5) is 0 Å². The van der Waals surface area contributed by atoms with Gasteiger partial charge in [-0.3, -0.25) is 10.9 Å². The highest BCUT2D eigenvalue weighted by Gasteiger charge is 1.94. The van der Waals surface area contributed by atoms with E-state index in [2.05, 4.69) is 38.9 Å². The van der Waals surface area contributed by atoms with E-state index in [-0.39, 0.29) is 0 Å². The van der Waals surface area contributed by atoms with Crippen LogP contribution in [0.1, 0.15) is 11.1 Å². The Labute approximate surface area is 120 Å². The van der Waals surface area contributed by atoms with E-state index in [0.29, 0.717) is 0 Å². The number of halogens is 2. The van der Waals surface area contributed by atoms with Gasteiger partial charge in [-0.1, -0.05) is 51.8 Å². The number of hydrogen-bond donors (Lipinski definition) is 2. The molecule has 0 aromatic heterocycles. The van der Waals surface area contributed by atoms with Crippen LogP contribution in [0.15, 0.2) is 53.0 Å². The SMILES string of the molecule is Clc1ccc(CNNCc2ccc(Br)cc2)cc1. The summed E-state index contributed by atoms with van der Waals surface area (Å²) in [4.78, 5) is 0. The van der Waals surface area contributed by atoms with Crippen LogP contribution in [0.2, 0.25) is 5.02 Å². The average molecular weight is 326 g/mol. The number of rotatable bonds is 5. The molecule has 2 aromatic rings. The maximum atomic E-state index is 5.83. The van der Waals surface area contributed by atoms with Crippen molar-refractivity contribution in [2.75, 3.05) is 0 Å². The minimum absolute atomic E-state index is 0.765. The normalized spacial score (nSPS) is 10.6. The summed E-state index contributed by atoms with van der Waals surface area (Å²) in [6.45, 7) is 1.56. The van der Waals surface area contributed by atoms with E-state index < -0.39 is 0 Å². The van der Waals surface area contributed by atoms with Gasteiger partial charge in [0.05, 0.1) is 0 Å². The molecule has 0 fully saturated rings. The Morgan fingerprint density at radius 1 is 0.778 bits per heavy atom. The fourth-order valence-electron chi connectivity index (χ4n) is 1.53. The average Bonchev–Trinajstić information content (AvgIpc) is 2.39. The summed E-state index contributed by atoms with van der Waals surface area (Å²) in [5.41, 5.74) is 8.80. The molecule has 0 aliphatic carbocycles. The van der Waals surface area contributed by atoms with Crippen molar-refractivity contribution in [1.29, 1.82) is 0 Å². The van der Waals surface area contributed by atoms with Crippen molar-refractivity contribution in [2.24, 2.45) is 0 Å². The monoisotopic (exact) mass is 324 g/mol. The van der Waals surface area contributed by atoms with E-state index in [9.17, 15) is 0 Å². The lowest BCUT2D eigenvalue weighted by molar-refractivity contribution is 0.529. The zero-order valence-corrected chi connectivity index (χ0v) is 12.1. The zero-order valence-electron chi connectivity index (χ0n) is 9.79. The summed E-state index contributed by atoms with van der Waals surface area (Å²) < 4.78 is 1.10. The lowest BCUT2D eigenvalue weighted by atomic mass is 10.2. The van der Waals surface area contributed by atoms with Crippen molar-refractivity contribution in [3.63, 3.8) is 0 Å². The number of hydrogen-bond acceptors (Lipinski definition) is 2. The molecule has 0 radical (unpaired) electrons. The minimum Gasteiger partial charge on any atom is -0.253 e. The zero-order chi connectivity index (χ0) is 12.8. The summed E-state index contributed by atoms with van der Waals surface area (Å²) in [6.07, 6.45) is 0. The molecule has 0 amide bonds. The van der Waals surface area contributed by atoms with E-state index >= 15 is 0 Å². The summed E-state index contributed by atoms with van der Waals surface area (Å²) in [7, 11) is 0. The van der Waals surface area contributed by atoms with Crippen molar-refractivity contribution in [2.45, 2.75) is 13.1 Å². The molecule has 0 atom stereocenters. The Balaban J connectivity index is 1.73. The van der Waals surface area contributed by atoms with Gasteiger partial charge in [-0.2, -0.15) is 0 Å². The van der Waals surface area contributed by atoms with Crippen LogP contribution in [0.25, 0.3) is 0 Å². The summed E-state index contributed by atoms with van der Waals surface area (Å²) in [5.74, 6) is 0. The Kier molecular flexibility index (Phi) is 5.20. The fraction of sp³-hybridized carbons (Fsp3) is 0.143. The molecule has 0 aliphatic heterocycles. The molecule has 18 heavy (non-hydrogen) atoms. The second kappa shape index (κ2) is 6.90. The maximum absolute atomic E-state index is 5.83. The third-order valence-electron chi connectivity index (χ3n) is 2.54. The number of benzene rings is 2. The third kappa shape index (κ3) is 4.42. The highest BCUT2D eigenvalue weighted by atomic mass is 79.9. The third-order valence-corrected chi connectivity index (χ3v) is 3.32. The first-order valence-electron chi connectivity index (χ1n) is 5.68. The predicted octanol–water partition coefficient (Wildman–Crippen LogP) is 3.90. The molecule has 0 unspecified atom stereocenters. The van der Waals surface area contributed by atoms with E-state index in [4.69, 9.17) is 11.6 Å². The second-order valence-electron chi connectivity index (χ2n) is 3.96. The summed E-state index contributed by atoms with van der Waals surface area (Å²) in [5, 5.41) is 0.765. The van der Waals surface area contributed by atoms with Gasteiger partial charge in [0.25, 0.3) is 0 Å². The van der Waals surface area contributed by atoms with Crippen molar-refractivity contribution in [1.82, 2.24) is 10.9 Å². The van der Waals surface area contributed by atoms with Crippen LogP contribution in [0, 0.1) is 0 Å².